The summed E-state index contributed by atoms with van der Waals surface area (Å²) in [5, 5.41) is 0.656. The number of rotatable bonds is 3. The Hall–Kier alpha value is -1.65. The second-order valence-electron chi connectivity index (χ2n) is 4.68. The highest BCUT2D eigenvalue weighted by Crippen LogP contribution is 2.42. The summed E-state index contributed by atoms with van der Waals surface area (Å²) in [6.45, 7) is 0. The number of nitrogens with zero attached hydrogens (tertiary/aromatic N) is 1. The Balaban J connectivity index is 1.93. The van der Waals surface area contributed by atoms with Gasteiger partial charge in [-0.05, 0) is 42.0 Å². The third-order valence-electron chi connectivity index (χ3n) is 3.37. The van der Waals surface area contributed by atoms with Crippen molar-refractivity contribution < 1.29 is 9.53 Å². The molecule has 2 aromatic rings. The van der Waals surface area contributed by atoms with E-state index in [0.717, 1.165) is 17.0 Å². The van der Waals surface area contributed by atoms with Gasteiger partial charge in [-0.25, -0.2) is 0 Å². The molecule has 21 heavy (non-hydrogen) atoms. The molecule has 1 atom stereocenters. The Morgan fingerprint density at radius 3 is 2.43 bits per heavy atom. The van der Waals surface area contributed by atoms with Gasteiger partial charge in [-0.2, -0.15) is 0 Å². The minimum atomic E-state index is -0.00965. The lowest BCUT2D eigenvalue weighted by Gasteiger charge is -2.24. The Morgan fingerprint density at radius 1 is 1.14 bits per heavy atom. The van der Waals surface area contributed by atoms with Crippen LogP contribution in [0.25, 0.3) is 0 Å². The van der Waals surface area contributed by atoms with E-state index in [1.165, 1.54) is 0 Å². The maximum absolute atomic E-state index is 12.2. The fraction of sp³-hybridized carbons (Fsp3) is 0.188. The van der Waals surface area contributed by atoms with Crippen LogP contribution in [0.15, 0.2) is 48.5 Å². The lowest BCUT2D eigenvalue weighted by Crippen LogP contribution is -2.27. The molecule has 1 amide bonds. The van der Waals surface area contributed by atoms with Crippen LogP contribution >= 0.6 is 23.4 Å². The topological polar surface area (TPSA) is 29.5 Å². The summed E-state index contributed by atoms with van der Waals surface area (Å²) in [5.41, 5.74) is 1.96. The molecule has 1 unspecified atom stereocenters. The average Bonchev–Trinajstić information content (AvgIpc) is 2.90. The van der Waals surface area contributed by atoms with Crippen molar-refractivity contribution in [1.29, 1.82) is 0 Å². The summed E-state index contributed by atoms with van der Waals surface area (Å²) < 4.78 is 5.18. The third kappa shape index (κ3) is 2.87. The molecule has 0 saturated carbocycles. The van der Waals surface area contributed by atoms with Crippen LogP contribution in [0.1, 0.15) is 10.9 Å². The molecule has 0 N–H and O–H groups in total. The fourth-order valence-electron chi connectivity index (χ4n) is 2.32. The molecule has 0 aromatic heterocycles. The van der Waals surface area contributed by atoms with Crippen molar-refractivity contribution in [2.24, 2.45) is 0 Å². The highest BCUT2D eigenvalue weighted by molar-refractivity contribution is 8.00. The van der Waals surface area contributed by atoms with Gasteiger partial charge in [-0.15, -0.1) is 11.8 Å². The zero-order valence-electron chi connectivity index (χ0n) is 11.5. The third-order valence-corrected chi connectivity index (χ3v) is 4.84. The first kappa shape index (κ1) is 14.3. The van der Waals surface area contributed by atoms with E-state index in [0.29, 0.717) is 10.8 Å². The highest BCUT2D eigenvalue weighted by atomic mass is 35.5. The summed E-state index contributed by atoms with van der Waals surface area (Å²) in [4.78, 5) is 14.0. The maximum atomic E-state index is 12.2. The molecule has 1 aliphatic heterocycles. The van der Waals surface area contributed by atoms with Crippen molar-refractivity contribution in [1.82, 2.24) is 0 Å². The van der Waals surface area contributed by atoms with Crippen LogP contribution in [0.5, 0.6) is 5.75 Å². The van der Waals surface area contributed by atoms with Crippen molar-refractivity contribution in [2.45, 2.75) is 5.37 Å². The van der Waals surface area contributed by atoms with Crippen LogP contribution in [-0.2, 0) is 4.79 Å². The van der Waals surface area contributed by atoms with Crippen LogP contribution in [0.2, 0.25) is 5.02 Å². The number of anilines is 1. The van der Waals surface area contributed by atoms with Gasteiger partial charge in [0.1, 0.15) is 11.1 Å². The van der Waals surface area contributed by atoms with Gasteiger partial charge < -0.3 is 4.74 Å². The Kier molecular flexibility index (Phi) is 4.08. The van der Waals surface area contributed by atoms with Gasteiger partial charge in [-0.1, -0.05) is 23.7 Å². The van der Waals surface area contributed by atoms with Crippen molar-refractivity contribution >= 4 is 35.0 Å². The number of halogens is 1. The Labute approximate surface area is 132 Å². The number of carbonyl (C=O) groups is 1. The highest BCUT2D eigenvalue weighted by Gasteiger charge is 2.33. The SMILES string of the molecule is COc1ccc(C2SCC(=O)N2c2ccc(Cl)cc2)cc1. The smallest absolute Gasteiger partial charge is 0.238 e. The monoisotopic (exact) mass is 319 g/mol. The zero-order valence-corrected chi connectivity index (χ0v) is 13.0. The minimum Gasteiger partial charge on any atom is -0.497 e. The number of methoxy groups -OCH3 is 1. The molecule has 1 heterocycles. The molecule has 0 aliphatic carbocycles. The molecular formula is C16H14ClNO2S. The van der Waals surface area contributed by atoms with E-state index < -0.39 is 0 Å². The molecule has 3 nitrogen and oxygen atoms in total. The molecule has 0 bridgehead atoms. The number of amides is 1. The van der Waals surface area contributed by atoms with Crippen LogP contribution in [0.3, 0.4) is 0 Å². The summed E-state index contributed by atoms with van der Waals surface area (Å²) in [5.74, 6) is 1.41. The van der Waals surface area contributed by atoms with E-state index in [9.17, 15) is 4.79 Å². The van der Waals surface area contributed by atoms with Crippen molar-refractivity contribution in [3.63, 3.8) is 0 Å². The number of thioether (sulfide) groups is 1. The summed E-state index contributed by atoms with van der Waals surface area (Å²) in [6, 6.07) is 15.2. The lowest BCUT2D eigenvalue weighted by atomic mass is 10.2. The van der Waals surface area contributed by atoms with Gasteiger partial charge in [0.15, 0.2) is 0 Å². The summed E-state index contributed by atoms with van der Waals surface area (Å²) in [6.07, 6.45) is 0. The van der Waals surface area contributed by atoms with E-state index in [4.69, 9.17) is 16.3 Å². The predicted molar refractivity (Wildman–Crippen MR) is 87.1 cm³/mol. The maximum Gasteiger partial charge on any atom is 0.238 e. The molecule has 1 fully saturated rings. The first-order chi connectivity index (χ1) is 10.2. The molecule has 1 aliphatic rings. The van der Waals surface area contributed by atoms with Crippen LogP contribution < -0.4 is 9.64 Å². The molecule has 0 radical (unpaired) electrons. The number of hydrogen-bond donors (Lipinski definition) is 0. The van der Waals surface area contributed by atoms with Crippen molar-refractivity contribution in [2.75, 3.05) is 17.8 Å². The van der Waals surface area contributed by atoms with Gasteiger partial charge in [0, 0.05) is 10.7 Å². The second kappa shape index (κ2) is 6.00. The quantitative estimate of drug-likeness (QED) is 0.852. The van der Waals surface area contributed by atoms with Gasteiger partial charge in [-0.3, -0.25) is 9.69 Å². The zero-order chi connectivity index (χ0) is 14.8. The number of ether oxygens (including phenoxy) is 1. The van der Waals surface area contributed by atoms with Crippen LogP contribution in [0.4, 0.5) is 5.69 Å². The van der Waals surface area contributed by atoms with Crippen molar-refractivity contribution in [3.8, 4) is 5.75 Å². The lowest BCUT2D eigenvalue weighted by molar-refractivity contribution is -0.115. The molecule has 2 aromatic carbocycles. The largest absolute Gasteiger partial charge is 0.497 e. The van der Waals surface area contributed by atoms with Gasteiger partial charge in [0.25, 0.3) is 0 Å². The Morgan fingerprint density at radius 2 is 1.81 bits per heavy atom. The van der Waals surface area contributed by atoms with E-state index in [1.54, 1.807) is 31.0 Å². The minimum absolute atomic E-state index is 0.00965. The van der Waals surface area contributed by atoms with E-state index in [1.807, 2.05) is 41.3 Å². The van der Waals surface area contributed by atoms with E-state index in [-0.39, 0.29) is 11.3 Å². The molecule has 0 spiro atoms. The fourth-order valence-corrected chi connectivity index (χ4v) is 3.62. The molecule has 3 rings (SSSR count). The Bertz CT molecular complexity index is 642. The average molecular weight is 320 g/mol. The van der Waals surface area contributed by atoms with E-state index in [2.05, 4.69) is 0 Å². The second-order valence-corrected chi connectivity index (χ2v) is 6.18. The van der Waals surface area contributed by atoms with Crippen molar-refractivity contribution in [3.05, 3.63) is 59.1 Å². The van der Waals surface area contributed by atoms with Gasteiger partial charge in [0.2, 0.25) is 5.91 Å². The molecule has 5 heteroatoms. The molecule has 108 valence electrons. The number of hydrogen-bond acceptors (Lipinski definition) is 3. The van der Waals surface area contributed by atoms with Crippen LogP contribution in [0, 0.1) is 0 Å². The summed E-state index contributed by atoms with van der Waals surface area (Å²) >= 11 is 7.55. The molecular weight excluding hydrogens is 306 g/mol. The van der Waals surface area contributed by atoms with Crippen LogP contribution in [-0.4, -0.2) is 18.8 Å². The number of carbonyl (C=O) groups excluding carboxylic acids is 1. The van der Waals surface area contributed by atoms with Gasteiger partial charge in [0.05, 0.1) is 12.9 Å². The summed E-state index contributed by atoms with van der Waals surface area (Å²) in [7, 11) is 1.64. The first-order valence-electron chi connectivity index (χ1n) is 6.52. The van der Waals surface area contributed by atoms with Gasteiger partial charge >= 0.3 is 0 Å². The normalized spacial score (nSPS) is 18.1. The number of benzene rings is 2. The molecule has 1 saturated heterocycles. The first-order valence-corrected chi connectivity index (χ1v) is 7.95. The predicted octanol–water partition coefficient (Wildman–Crippen LogP) is 4.13. The van der Waals surface area contributed by atoms with E-state index >= 15 is 0 Å². The standard InChI is InChI=1S/C16H14ClNO2S/c1-20-14-8-2-11(3-9-14)16-18(15(19)10-21-16)13-6-4-12(17)5-7-13/h2-9,16H,10H2,1H3.